The number of aryl methyl sites for hydroxylation is 2. The van der Waals surface area contributed by atoms with Crippen LogP contribution in [0.5, 0.6) is 5.75 Å². The minimum absolute atomic E-state index is 0.0998. The number of benzene rings is 2. The standard InChI is InChI=1S/C23H23NO5/c1-3-15-6-5-7-16(4-2)21(15)24-22(25)17-8-10-18(11-9-17)28-14-19-12-13-20(29-19)23(26)27/h5-13H,3-4,14H2,1-2H3,(H,24,25)(H,26,27). The quantitative estimate of drug-likeness (QED) is 0.566. The molecule has 0 radical (unpaired) electrons. The number of carboxylic acids is 1. The summed E-state index contributed by atoms with van der Waals surface area (Å²) < 4.78 is 10.7. The van der Waals surface area contributed by atoms with Crippen LogP contribution in [0.3, 0.4) is 0 Å². The Morgan fingerprint density at radius 1 is 0.966 bits per heavy atom. The highest BCUT2D eigenvalue weighted by atomic mass is 16.5. The average Bonchev–Trinajstić information content (AvgIpc) is 3.22. The molecule has 2 N–H and O–H groups in total. The first-order valence-corrected chi connectivity index (χ1v) is 9.48. The highest BCUT2D eigenvalue weighted by molar-refractivity contribution is 6.05. The number of carboxylic acid groups (broad SMARTS) is 1. The number of furan rings is 1. The number of ether oxygens (including phenoxy) is 1. The maximum atomic E-state index is 12.7. The second kappa shape index (κ2) is 9.10. The number of aromatic carboxylic acids is 1. The van der Waals surface area contributed by atoms with E-state index in [4.69, 9.17) is 14.3 Å². The number of para-hydroxylation sites is 1. The minimum atomic E-state index is -1.12. The van der Waals surface area contributed by atoms with Gasteiger partial charge in [-0.3, -0.25) is 4.79 Å². The number of amides is 1. The Morgan fingerprint density at radius 2 is 1.62 bits per heavy atom. The smallest absolute Gasteiger partial charge is 0.371 e. The van der Waals surface area contributed by atoms with Crippen molar-refractivity contribution in [2.75, 3.05) is 5.32 Å². The molecule has 0 saturated heterocycles. The zero-order valence-corrected chi connectivity index (χ0v) is 16.4. The third kappa shape index (κ3) is 4.85. The molecule has 29 heavy (non-hydrogen) atoms. The first-order valence-electron chi connectivity index (χ1n) is 9.48. The Balaban J connectivity index is 1.65. The molecule has 6 heteroatoms. The number of carbonyl (C=O) groups is 2. The van der Waals surface area contributed by atoms with Crippen molar-refractivity contribution in [1.29, 1.82) is 0 Å². The van der Waals surface area contributed by atoms with Crippen LogP contribution >= 0.6 is 0 Å². The molecule has 2 aromatic carbocycles. The molecule has 3 aromatic rings. The second-order valence-electron chi connectivity index (χ2n) is 6.50. The van der Waals surface area contributed by atoms with Gasteiger partial charge < -0.3 is 19.6 Å². The van der Waals surface area contributed by atoms with Crippen molar-refractivity contribution in [3.05, 3.63) is 82.8 Å². The van der Waals surface area contributed by atoms with Gasteiger partial charge in [0.15, 0.2) is 0 Å². The van der Waals surface area contributed by atoms with Crippen molar-refractivity contribution in [2.45, 2.75) is 33.3 Å². The minimum Gasteiger partial charge on any atom is -0.486 e. The van der Waals surface area contributed by atoms with Crippen LogP contribution in [0, 0.1) is 0 Å². The molecule has 3 rings (SSSR count). The molecule has 0 atom stereocenters. The van der Waals surface area contributed by atoms with Crippen LogP contribution < -0.4 is 10.1 Å². The maximum Gasteiger partial charge on any atom is 0.371 e. The summed E-state index contributed by atoms with van der Waals surface area (Å²) in [6.45, 7) is 4.23. The van der Waals surface area contributed by atoms with Gasteiger partial charge in [0.1, 0.15) is 18.1 Å². The zero-order chi connectivity index (χ0) is 20.8. The SMILES string of the molecule is CCc1cccc(CC)c1NC(=O)c1ccc(OCc2ccc(C(=O)O)o2)cc1. The first kappa shape index (κ1) is 20.2. The molecule has 0 saturated carbocycles. The van der Waals surface area contributed by atoms with E-state index in [1.807, 2.05) is 18.2 Å². The van der Waals surface area contributed by atoms with Crippen LogP contribution in [-0.2, 0) is 19.4 Å². The largest absolute Gasteiger partial charge is 0.486 e. The normalized spacial score (nSPS) is 10.6. The lowest BCUT2D eigenvalue weighted by Gasteiger charge is -2.14. The molecule has 1 amide bonds. The zero-order valence-electron chi connectivity index (χ0n) is 16.4. The van der Waals surface area contributed by atoms with Gasteiger partial charge in [-0.2, -0.15) is 0 Å². The average molecular weight is 393 g/mol. The van der Waals surface area contributed by atoms with Crippen molar-refractivity contribution in [3.8, 4) is 5.75 Å². The van der Waals surface area contributed by atoms with Gasteiger partial charge in [-0.25, -0.2) is 4.79 Å². The van der Waals surface area contributed by atoms with Crippen LogP contribution in [-0.4, -0.2) is 17.0 Å². The van der Waals surface area contributed by atoms with Crippen molar-refractivity contribution in [1.82, 2.24) is 0 Å². The van der Waals surface area contributed by atoms with E-state index in [1.165, 1.54) is 6.07 Å². The number of rotatable bonds is 8. The Morgan fingerprint density at radius 3 is 2.17 bits per heavy atom. The molecular weight excluding hydrogens is 370 g/mol. The summed E-state index contributed by atoms with van der Waals surface area (Å²) in [7, 11) is 0. The van der Waals surface area contributed by atoms with Crippen molar-refractivity contribution in [2.24, 2.45) is 0 Å². The van der Waals surface area contributed by atoms with Gasteiger partial charge in [0.2, 0.25) is 5.76 Å². The van der Waals surface area contributed by atoms with Crippen LogP contribution in [0.2, 0.25) is 0 Å². The van der Waals surface area contributed by atoms with E-state index in [2.05, 4.69) is 19.2 Å². The van der Waals surface area contributed by atoms with Crippen LogP contribution in [0.4, 0.5) is 5.69 Å². The number of hydrogen-bond donors (Lipinski definition) is 2. The lowest BCUT2D eigenvalue weighted by molar-refractivity contribution is 0.0658. The van der Waals surface area contributed by atoms with Crippen LogP contribution in [0.15, 0.2) is 59.0 Å². The van der Waals surface area contributed by atoms with E-state index in [9.17, 15) is 9.59 Å². The van der Waals surface area contributed by atoms with Gasteiger partial charge in [0.05, 0.1) is 0 Å². The van der Waals surface area contributed by atoms with Crippen LogP contribution in [0.25, 0.3) is 0 Å². The van der Waals surface area contributed by atoms with Gasteiger partial charge in [0.25, 0.3) is 5.91 Å². The van der Waals surface area contributed by atoms with E-state index in [1.54, 1.807) is 30.3 Å². The molecule has 0 unspecified atom stereocenters. The number of carbonyl (C=O) groups excluding carboxylic acids is 1. The predicted octanol–water partition coefficient (Wildman–Crippen LogP) is 4.93. The monoisotopic (exact) mass is 393 g/mol. The lowest BCUT2D eigenvalue weighted by atomic mass is 10.0. The fourth-order valence-corrected chi connectivity index (χ4v) is 3.02. The second-order valence-corrected chi connectivity index (χ2v) is 6.50. The van der Waals surface area contributed by atoms with Gasteiger partial charge in [-0.1, -0.05) is 32.0 Å². The van der Waals surface area contributed by atoms with E-state index in [0.717, 1.165) is 29.7 Å². The van der Waals surface area contributed by atoms with Gasteiger partial charge in [-0.15, -0.1) is 0 Å². The molecule has 0 aliphatic carbocycles. The molecule has 6 nitrogen and oxygen atoms in total. The molecule has 0 bridgehead atoms. The van der Waals surface area contributed by atoms with E-state index in [0.29, 0.717) is 17.1 Å². The Labute approximate surface area is 169 Å². The highest BCUT2D eigenvalue weighted by Gasteiger charge is 2.13. The lowest BCUT2D eigenvalue weighted by Crippen LogP contribution is -2.14. The molecule has 0 spiro atoms. The summed E-state index contributed by atoms with van der Waals surface area (Å²) in [5.41, 5.74) is 3.63. The fourth-order valence-electron chi connectivity index (χ4n) is 3.02. The molecule has 0 aliphatic rings. The van der Waals surface area contributed by atoms with E-state index < -0.39 is 5.97 Å². The Bertz CT molecular complexity index is 982. The number of hydrogen-bond acceptors (Lipinski definition) is 4. The summed E-state index contributed by atoms with van der Waals surface area (Å²) in [5.74, 6) is -0.466. The molecule has 150 valence electrons. The van der Waals surface area contributed by atoms with Crippen molar-refractivity contribution >= 4 is 17.6 Å². The maximum absolute atomic E-state index is 12.7. The summed E-state index contributed by atoms with van der Waals surface area (Å²) in [6.07, 6.45) is 1.68. The topological polar surface area (TPSA) is 88.8 Å². The van der Waals surface area contributed by atoms with Crippen molar-refractivity contribution < 1.29 is 23.8 Å². The molecule has 0 aliphatic heterocycles. The first-order chi connectivity index (χ1) is 14.0. The van der Waals surface area contributed by atoms with Crippen LogP contribution in [0.1, 0.15) is 51.6 Å². The molecule has 1 aromatic heterocycles. The number of nitrogens with one attached hydrogen (secondary N) is 1. The Kier molecular flexibility index (Phi) is 6.34. The fraction of sp³-hybridized carbons (Fsp3) is 0.217. The van der Waals surface area contributed by atoms with E-state index in [-0.39, 0.29) is 18.3 Å². The third-order valence-corrected chi connectivity index (χ3v) is 4.61. The number of anilines is 1. The molecule has 1 heterocycles. The molecule has 0 fully saturated rings. The van der Waals surface area contributed by atoms with Gasteiger partial charge in [0, 0.05) is 11.3 Å². The summed E-state index contributed by atoms with van der Waals surface area (Å²) in [6, 6.07) is 15.8. The predicted molar refractivity (Wildman–Crippen MR) is 110 cm³/mol. The van der Waals surface area contributed by atoms with E-state index >= 15 is 0 Å². The molecular formula is C23H23NO5. The highest BCUT2D eigenvalue weighted by Crippen LogP contribution is 2.24. The van der Waals surface area contributed by atoms with Gasteiger partial charge >= 0.3 is 5.97 Å². The Hall–Kier alpha value is -3.54. The summed E-state index contributed by atoms with van der Waals surface area (Å²) in [4.78, 5) is 23.5. The van der Waals surface area contributed by atoms with Gasteiger partial charge in [-0.05, 0) is 60.4 Å². The van der Waals surface area contributed by atoms with Crippen molar-refractivity contribution in [3.63, 3.8) is 0 Å². The summed E-state index contributed by atoms with van der Waals surface area (Å²) >= 11 is 0. The third-order valence-electron chi connectivity index (χ3n) is 4.61. The summed E-state index contributed by atoms with van der Waals surface area (Å²) in [5, 5.41) is 11.9.